The molecule has 1 heterocycles. The largest absolute Gasteiger partial charge is 0.457 e. The van der Waals surface area contributed by atoms with Crippen molar-refractivity contribution < 1.29 is 14.5 Å². The Morgan fingerprint density at radius 3 is 2.70 bits per heavy atom. The van der Waals surface area contributed by atoms with Gasteiger partial charge in [-0.25, -0.2) is 4.79 Å². The van der Waals surface area contributed by atoms with Gasteiger partial charge in [0.15, 0.2) is 0 Å². The molecule has 3 rings (SSSR count). The van der Waals surface area contributed by atoms with Gasteiger partial charge in [-0.15, -0.1) is 0 Å². The molecule has 0 amide bonds. The second-order valence-corrected chi connectivity index (χ2v) is 7.29. The number of piperidine rings is 1. The Bertz CT molecular complexity index is 838. The summed E-state index contributed by atoms with van der Waals surface area (Å²) in [5.74, 6) is -0.103. The topological polar surface area (TPSA) is 72.7 Å². The zero-order valence-electron chi connectivity index (χ0n) is 15.1. The van der Waals surface area contributed by atoms with E-state index in [-0.39, 0.29) is 17.9 Å². The first-order chi connectivity index (χ1) is 12.9. The maximum atomic E-state index is 12.3. The maximum Gasteiger partial charge on any atom is 0.338 e. The van der Waals surface area contributed by atoms with E-state index in [1.165, 1.54) is 6.07 Å². The van der Waals surface area contributed by atoms with Crippen LogP contribution in [-0.2, 0) is 11.3 Å². The standard InChI is InChI=1S/C20H21ClN2O4/c1-14-3-2-10-22(12-14)18-9-6-16(11-19(18)23(25)26)20(24)27-13-15-4-7-17(21)8-5-15/h4-9,11,14H,2-3,10,12-13H2,1H3/t14-/m1/s1. The molecule has 1 saturated heterocycles. The van der Waals surface area contributed by atoms with Crippen molar-refractivity contribution in [3.63, 3.8) is 0 Å². The summed E-state index contributed by atoms with van der Waals surface area (Å²) in [4.78, 5) is 25.4. The van der Waals surface area contributed by atoms with Crippen LogP contribution in [0.4, 0.5) is 11.4 Å². The normalized spacial score (nSPS) is 16.8. The van der Waals surface area contributed by atoms with Crippen LogP contribution in [0.15, 0.2) is 42.5 Å². The molecule has 0 N–H and O–H groups in total. The number of halogens is 1. The van der Waals surface area contributed by atoms with Crippen LogP contribution >= 0.6 is 11.6 Å². The van der Waals surface area contributed by atoms with Crippen LogP contribution in [0, 0.1) is 16.0 Å². The second kappa shape index (κ2) is 8.39. The van der Waals surface area contributed by atoms with E-state index < -0.39 is 10.9 Å². The smallest absolute Gasteiger partial charge is 0.338 e. The summed E-state index contributed by atoms with van der Waals surface area (Å²) in [6.45, 7) is 3.78. The first-order valence-corrected chi connectivity index (χ1v) is 9.27. The first-order valence-electron chi connectivity index (χ1n) is 8.89. The average Bonchev–Trinajstić information content (AvgIpc) is 2.66. The van der Waals surface area contributed by atoms with Gasteiger partial charge >= 0.3 is 5.97 Å². The predicted molar refractivity (Wildman–Crippen MR) is 104 cm³/mol. The summed E-state index contributed by atoms with van der Waals surface area (Å²) in [6.07, 6.45) is 2.13. The van der Waals surface area contributed by atoms with E-state index in [0.717, 1.165) is 31.5 Å². The summed E-state index contributed by atoms with van der Waals surface area (Å²) in [6, 6.07) is 11.5. The van der Waals surface area contributed by atoms with Gasteiger partial charge in [0, 0.05) is 24.2 Å². The number of carbonyl (C=O) groups is 1. The highest BCUT2D eigenvalue weighted by Crippen LogP contribution is 2.32. The highest BCUT2D eigenvalue weighted by Gasteiger charge is 2.25. The summed E-state index contributed by atoms with van der Waals surface area (Å²) in [7, 11) is 0. The molecule has 0 aliphatic carbocycles. The predicted octanol–water partition coefficient (Wildman–Crippen LogP) is 4.84. The van der Waals surface area contributed by atoms with Crippen LogP contribution in [0.5, 0.6) is 0 Å². The SMILES string of the molecule is C[C@@H]1CCCN(c2ccc(C(=O)OCc3ccc(Cl)cc3)cc2[N+](=O)[O-])C1. The zero-order chi connectivity index (χ0) is 19.4. The Labute approximate surface area is 162 Å². The van der Waals surface area contributed by atoms with E-state index in [1.54, 1.807) is 36.4 Å². The lowest BCUT2D eigenvalue weighted by Crippen LogP contribution is -2.34. The lowest BCUT2D eigenvalue weighted by Gasteiger charge is -2.32. The first kappa shape index (κ1) is 19.2. The summed E-state index contributed by atoms with van der Waals surface area (Å²) < 4.78 is 5.27. The van der Waals surface area contributed by atoms with Crippen molar-refractivity contribution in [1.29, 1.82) is 0 Å². The van der Waals surface area contributed by atoms with E-state index in [2.05, 4.69) is 6.92 Å². The molecule has 142 valence electrons. The van der Waals surface area contributed by atoms with Gasteiger partial charge in [0.2, 0.25) is 0 Å². The molecule has 0 bridgehead atoms. The number of nitrogens with zero attached hydrogens (tertiary/aromatic N) is 2. The van der Waals surface area contributed by atoms with Gasteiger partial charge in [0.05, 0.1) is 10.5 Å². The third-order valence-corrected chi connectivity index (χ3v) is 4.94. The third kappa shape index (κ3) is 4.77. The van der Waals surface area contributed by atoms with Crippen molar-refractivity contribution >= 4 is 28.9 Å². The van der Waals surface area contributed by atoms with Crippen LogP contribution < -0.4 is 4.90 Å². The van der Waals surface area contributed by atoms with Gasteiger partial charge in [-0.1, -0.05) is 30.7 Å². The number of anilines is 1. The number of nitro groups is 1. The number of benzene rings is 2. The van der Waals surface area contributed by atoms with Crippen LogP contribution in [0.3, 0.4) is 0 Å². The summed E-state index contributed by atoms with van der Waals surface area (Å²) >= 11 is 5.83. The lowest BCUT2D eigenvalue weighted by molar-refractivity contribution is -0.384. The van der Waals surface area contributed by atoms with Gasteiger partial charge in [0.1, 0.15) is 12.3 Å². The van der Waals surface area contributed by atoms with Crippen LogP contribution in [0.25, 0.3) is 0 Å². The molecule has 1 aliphatic rings. The average molecular weight is 389 g/mol. The highest BCUT2D eigenvalue weighted by molar-refractivity contribution is 6.30. The molecule has 1 atom stereocenters. The molecule has 2 aromatic rings. The molecule has 0 aromatic heterocycles. The maximum absolute atomic E-state index is 12.3. The third-order valence-electron chi connectivity index (χ3n) is 4.69. The number of rotatable bonds is 5. The van der Waals surface area contributed by atoms with Gasteiger partial charge in [0.25, 0.3) is 5.69 Å². The van der Waals surface area contributed by atoms with Crippen LogP contribution in [0.1, 0.15) is 35.7 Å². The van der Waals surface area contributed by atoms with E-state index in [0.29, 0.717) is 16.6 Å². The van der Waals surface area contributed by atoms with Gasteiger partial charge in [-0.3, -0.25) is 10.1 Å². The summed E-state index contributed by atoms with van der Waals surface area (Å²) in [5, 5.41) is 12.1. The molecule has 2 aromatic carbocycles. The number of nitro benzene ring substituents is 1. The fourth-order valence-corrected chi connectivity index (χ4v) is 3.41. The van der Waals surface area contributed by atoms with Crippen LogP contribution in [0.2, 0.25) is 5.02 Å². The van der Waals surface area contributed by atoms with Gasteiger partial charge < -0.3 is 9.64 Å². The minimum atomic E-state index is -0.591. The number of hydrogen-bond donors (Lipinski definition) is 0. The Hall–Kier alpha value is -2.60. The highest BCUT2D eigenvalue weighted by atomic mass is 35.5. The van der Waals surface area contributed by atoms with Crippen molar-refractivity contribution in [3.8, 4) is 0 Å². The van der Waals surface area contributed by atoms with E-state index in [4.69, 9.17) is 16.3 Å². The van der Waals surface area contributed by atoms with Crippen molar-refractivity contribution in [2.75, 3.05) is 18.0 Å². The Kier molecular flexibility index (Phi) is 5.96. The van der Waals surface area contributed by atoms with Crippen molar-refractivity contribution in [2.24, 2.45) is 5.92 Å². The molecule has 0 spiro atoms. The number of hydrogen-bond acceptors (Lipinski definition) is 5. The molecule has 0 saturated carbocycles. The van der Waals surface area contributed by atoms with E-state index in [9.17, 15) is 14.9 Å². The number of carbonyl (C=O) groups excluding carboxylic acids is 1. The van der Waals surface area contributed by atoms with Crippen LogP contribution in [-0.4, -0.2) is 24.0 Å². The molecular weight excluding hydrogens is 368 g/mol. The van der Waals surface area contributed by atoms with E-state index >= 15 is 0 Å². The second-order valence-electron chi connectivity index (χ2n) is 6.86. The molecule has 27 heavy (non-hydrogen) atoms. The molecular formula is C20H21ClN2O4. The Morgan fingerprint density at radius 2 is 2.04 bits per heavy atom. The monoisotopic (exact) mass is 388 g/mol. The fourth-order valence-electron chi connectivity index (χ4n) is 3.29. The molecule has 0 radical (unpaired) electrons. The number of ether oxygens (including phenoxy) is 1. The minimum Gasteiger partial charge on any atom is -0.457 e. The molecule has 1 aliphatic heterocycles. The summed E-state index contributed by atoms with van der Waals surface area (Å²) in [5.41, 5.74) is 1.46. The van der Waals surface area contributed by atoms with Crippen molar-refractivity contribution in [2.45, 2.75) is 26.4 Å². The Morgan fingerprint density at radius 1 is 1.30 bits per heavy atom. The van der Waals surface area contributed by atoms with Crippen molar-refractivity contribution in [3.05, 3.63) is 68.7 Å². The fraction of sp³-hybridized carbons (Fsp3) is 0.350. The van der Waals surface area contributed by atoms with Crippen molar-refractivity contribution in [1.82, 2.24) is 0 Å². The lowest BCUT2D eigenvalue weighted by atomic mass is 9.99. The zero-order valence-corrected chi connectivity index (χ0v) is 15.8. The molecule has 0 unspecified atom stereocenters. The molecule has 6 nitrogen and oxygen atoms in total. The molecule has 1 fully saturated rings. The molecule has 7 heteroatoms. The Balaban J connectivity index is 1.75. The van der Waals surface area contributed by atoms with Gasteiger partial charge in [-0.05, 0) is 48.6 Å². The minimum absolute atomic E-state index is 0.0648. The quantitative estimate of drug-likeness (QED) is 0.416. The van der Waals surface area contributed by atoms with E-state index in [1.807, 2.05) is 4.90 Å². The van der Waals surface area contributed by atoms with Gasteiger partial charge in [-0.2, -0.15) is 0 Å². The number of esters is 1.